The molecule has 2 aromatic carbocycles. The molecule has 0 aliphatic carbocycles. The molecular formula is C23H27N3O2. The van der Waals surface area contributed by atoms with Crippen LogP contribution in [0.2, 0.25) is 0 Å². The maximum atomic E-state index is 13.5. The van der Waals surface area contributed by atoms with Crippen molar-refractivity contribution < 1.29 is 4.79 Å². The fourth-order valence-corrected chi connectivity index (χ4v) is 3.41. The van der Waals surface area contributed by atoms with Crippen LogP contribution in [0.15, 0.2) is 53.3 Å². The van der Waals surface area contributed by atoms with E-state index in [0.717, 1.165) is 67.7 Å². The van der Waals surface area contributed by atoms with Crippen molar-refractivity contribution in [3.05, 3.63) is 64.7 Å². The van der Waals surface area contributed by atoms with Gasteiger partial charge in [-0.05, 0) is 43.5 Å². The van der Waals surface area contributed by atoms with E-state index in [0.29, 0.717) is 11.8 Å². The van der Waals surface area contributed by atoms with Crippen molar-refractivity contribution in [2.75, 3.05) is 11.9 Å². The van der Waals surface area contributed by atoms with Crippen LogP contribution in [0.5, 0.6) is 0 Å². The number of anilines is 1. The average Bonchev–Trinajstić information content (AvgIpc) is 2.71. The highest BCUT2D eigenvalue weighted by Gasteiger charge is 2.14. The first-order valence-corrected chi connectivity index (χ1v) is 10.0. The van der Waals surface area contributed by atoms with Gasteiger partial charge in [0.15, 0.2) is 0 Å². The molecule has 5 nitrogen and oxygen atoms in total. The lowest BCUT2D eigenvalue weighted by Crippen LogP contribution is -2.24. The lowest BCUT2D eigenvalue weighted by Gasteiger charge is -2.15. The zero-order valence-electron chi connectivity index (χ0n) is 16.4. The van der Waals surface area contributed by atoms with E-state index in [2.05, 4.69) is 12.2 Å². The number of unbranched alkanes of at least 4 members (excludes halogenated alkanes) is 3. The number of hydrogen-bond acceptors (Lipinski definition) is 4. The summed E-state index contributed by atoms with van der Waals surface area (Å²) in [5.41, 5.74) is 2.35. The molecule has 5 heteroatoms. The Kier molecular flexibility index (Phi) is 6.95. The molecule has 1 aromatic heterocycles. The first kappa shape index (κ1) is 19.8. The van der Waals surface area contributed by atoms with Crippen LogP contribution >= 0.6 is 0 Å². The van der Waals surface area contributed by atoms with E-state index in [4.69, 9.17) is 4.98 Å². The molecule has 28 heavy (non-hydrogen) atoms. The molecule has 146 valence electrons. The van der Waals surface area contributed by atoms with E-state index in [9.17, 15) is 9.59 Å². The Morgan fingerprint density at radius 2 is 1.86 bits per heavy atom. The molecular weight excluding hydrogens is 350 g/mol. The Hall–Kier alpha value is -2.95. The molecule has 1 heterocycles. The highest BCUT2D eigenvalue weighted by atomic mass is 16.1. The summed E-state index contributed by atoms with van der Waals surface area (Å²) in [5, 5.41) is 4.02. The van der Waals surface area contributed by atoms with Crippen LogP contribution in [-0.4, -0.2) is 22.4 Å². The third-order valence-corrected chi connectivity index (χ3v) is 4.77. The Bertz CT molecular complexity index is 980. The number of fused-ring (bicyclic) bond motifs is 1. The Balaban J connectivity index is 1.98. The van der Waals surface area contributed by atoms with Gasteiger partial charge in [-0.25, -0.2) is 4.98 Å². The molecule has 0 aliphatic heterocycles. The van der Waals surface area contributed by atoms with Gasteiger partial charge in [0, 0.05) is 25.1 Å². The van der Waals surface area contributed by atoms with Crippen molar-refractivity contribution in [3.63, 3.8) is 0 Å². The largest absolute Gasteiger partial charge is 0.384 e. The normalized spacial score (nSPS) is 10.9. The van der Waals surface area contributed by atoms with Crippen LogP contribution < -0.4 is 10.9 Å². The monoisotopic (exact) mass is 377 g/mol. The summed E-state index contributed by atoms with van der Waals surface area (Å²) in [7, 11) is 0. The lowest BCUT2D eigenvalue weighted by molar-refractivity contribution is -0.107. The molecule has 3 aromatic rings. The zero-order chi connectivity index (χ0) is 19.8. The number of benzene rings is 2. The minimum absolute atomic E-state index is 0.0382. The van der Waals surface area contributed by atoms with Crippen LogP contribution in [0.25, 0.3) is 16.6 Å². The second-order valence-electron chi connectivity index (χ2n) is 6.90. The maximum Gasteiger partial charge on any atom is 0.268 e. The standard InChI is InChI=1S/C23H27N3O2/c1-2-11-21-25-20-15-10-14-19(24-16-8-3-4-9-17-27)22(20)23(28)26(21)18-12-6-5-7-13-18/h5-7,10,12-15,17,24H,2-4,8-9,11,16H2,1H3. The predicted octanol–water partition coefficient (Wildman–Crippen LogP) is 4.51. The van der Waals surface area contributed by atoms with Crippen molar-refractivity contribution in [3.8, 4) is 5.69 Å². The number of aryl methyl sites for hydroxylation is 1. The lowest BCUT2D eigenvalue weighted by atomic mass is 10.1. The van der Waals surface area contributed by atoms with Crippen molar-refractivity contribution in [2.24, 2.45) is 0 Å². The number of hydrogen-bond donors (Lipinski definition) is 1. The van der Waals surface area contributed by atoms with E-state index >= 15 is 0 Å². The van der Waals surface area contributed by atoms with E-state index < -0.39 is 0 Å². The summed E-state index contributed by atoms with van der Waals surface area (Å²) in [6.07, 6.45) is 6.09. The van der Waals surface area contributed by atoms with Gasteiger partial charge in [-0.3, -0.25) is 9.36 Å². The van der Waals surface area contributed by atoms with Gasteiger partial charge in [0.1, 0.15) is 12.1 Å². The molecule has 0 spiro atoms. The molecule has 0 amide bonds. The van der Waals surface area contributed by atoms with Crippen molar-refractivity contribution >= 4 is 22.9 Å². The summed E-state index contributed by atoms with van der Waals surface area (Å²) in [5.74, 6) is 0.789. The molecule has 0 fully saturated rings. The molecule has 0 radical (unpaired) electrons. The number of rotatable bonds is 10. The SMILES string of the molecule is CCCc1nc2cccc(NCCCCCC=O)c2c(=O)n1-c1ccccc1. The summed E-state index contributed by atoms with van der Waals surface area (Å²) in [4.78, 5) is 28.7. The van der Waals surface area contributed by atoms with Crippen molar-refractivity contribution in [1.82, 2.24) is 9.55 Å². The number of nitrogens with zero attached hydrogens (tertiary/aromatic N) is 2. The van der Waals surface area contributed by atoms with Crippen LogP contribution in [-0.2, 0) is 11.2 Å². The smallest absolute Gasteiger partial charge is 0.268 e. The molecule has 1 N–H and O–H groups in total. The Labute approximate surface area is 165 Å². The summed E-state index contributed by atoms with van der Waals surface area (Å²) in [6.45, 7) is 2.85. The van der Waals surface area contributed by atoms with Crippen molar-refractivity contribution in [2.45, 2.75) is 45.4 Å². The minimum Gasteiger partial charge on any atom is -0.384 e. The molecule has 0 bridgehead atoms. The first-order chi connectivity index (χ1) is 13.8. The van der Waals surface area contributed by atoms with Crippen molar-refractivity contribution in [1.29, 1.82) is 0 Å². The van der Waals surface area contributed by atoms with Gasteiger partial charge in [0.05, 0.1) is 16.6 Å². The molecule has 0 saturated heterocycles. The molecule has 0 unspecified atom stereocenters. The maximum absolute atomic E-state index is 13.5. The summed E-state index contributed by atoms with van der Waals surface area (Å²) < 4.78 is 1.74. The van der Waals surface area contributed by atoms with Gasteiger partial charge in [-0.1, -0.05) is 37.6 Å². The van der Waals surface area contributed by atoms with E-state index in [1.54, 1.807) is 4.57 Å². The average molecular weight is 377 g/mol. The van der Waals surface area contributed by atoms with Crippen LogP contribution in [0.1, 0.15) is 44.9 Å². The molecule has 0 atom stereocenters. The van der Waals surface area contributed by atoms with Gasteiger partial charge in [-0.2, -0.15) is 0 Å². The van der Waals surface area contributed by atoms with Crippen LogP contribution in [0, 0.1) is 0 Å². The number of nitrogens with one attached hydrogen (secondary N) is 1. The second kappa shape index (κ2) is 9.83. The number of carbonyl (C=O) groups excluding carboxylic acids is 1. The number of para-hydroxylation sites is 1. The summed E-state index contributed by atoms with van der Waals surface area (Å²) in [6, 6.07) is 15.5. The van der Waals surface area contributed by atoms with Gasteiger partial charge in [-0.15, -0.1) is 0 Å². The van der Waals surface area contributed by atoms with Crippen LogP contribution in [0.3, 0.4) is 0 Å². The van der Waals surface area contributed by atoms with Gasteiger partial charge in [0.25, 0.3) is 5.56 Å². The predicted molar refractivity (Wildman–Crippen MR) is 114 cm³/mol. The fraction of sp³-hybridized carbons (Fsp3) is 0.348. The molecule has 0 aliphatic rings. The van der Waals surface area contributed by atoms with E-state index in [-0.39, 0.29) is 5.56 Å². The topological polar surface area (TPSA) is 64.0 Å². The summed E-state index contributed by atoms with van der Waals surface area (Å²) >= 11 is 0. The molecule has 0 saturated carbocycles. The third kappa shape index (κ3) is 4.47. The Morgan fingerprint density at radius 3 is 2.61 bits per heavy atom. The van der Waals surface area contributed by atoms with Gasteiger partial charge >= 0.3 is 0 Å². The number of aromatic nitrogens is 2. The quantitative estimate of drug-likeness (QED) is 0.417. The highest BCUT2D eigenvalue weighted by Crippen LogP contribution is 2.21. The first-order valence-electron chi connectivity index (χ1n) is 10.0. The van der Waals surface area contributed by atoms with E-state index in [1.165, 1.54) is 0 Å². The minimum atomic E-state index is -0.0382. The van der Waals surface area contributed by atoms with Gasteiger partial charge < -0.3 is 10.1 Å². The van der Waals surface area contributed by atoms with Crippen LogP contribution in [0.4, 0.5) is 5.69 Å². The van der Waals surface area contributed by atoms with E-state index in [1.807, 2.05) is 48.5 Å². The number of aldehydes is 1. The Morgan fingerprint density at radius 1 is 1.04 bits per heavy atom. The zero-order valence-corrected chi connectivity index (χ0v) is 16.4. The second-order valence-corrected chi connectivity index (χ2v) is 6.90. The fourth-order valence-electron chi connectivity index (χ4n) is 3.41. The highest BCUT2D eigenvalue weighted by molar-refractivity contribution is 5.90. The third-order valence-electron chi connectivity index (χ3n) is 4.77. The van der Waals surface area contributed by atoms with Gasteiger partial charge in [0.2, 0.25) is 0 Å². The molecule has 3 rings (SSSR count). The number of carbonyl (C=O) groups is 1.